The van der Waals surface area contributed by atoms with Crippen molar-refractivity contribution in [2.45, 2.75) is 31.3 Å². The molecule has 2 heterocycles. The summed E-state index contributed by atoms with van der Waals surface area (Å²) in [6.45, 7) is 3.45. The monoisotopic (exact) mass is 304 g/mol. The number of morpholine rings is 1. The van der Waals surface area contributed by atoms with Crippen LogP contribution in [0, 0.1) is 0 Å². The molecule has 2 aliphatic rings. The number of rotatable bonds is 3. The van der Waals surface area contributed by atoms with Crippen LogP contribution in [0.5, 0.6) is 5.75 Å². The van der Waals surface area contributed by atoms with E-state index in [0.29, 0.717) is 13.2 Å². The summed E-state index contributed by atoms with van der Waals surface area (Å²) >= 11 is 0. The molecule has 5 heteroatoms. The third-order valence-electron chi connectivity index (χ3n) is 4.73. The summed E-state index contributed by atoms with van der Waals surface area (Å²) in [6, 6.07) is 7.96. The van der Waals surface area contributed by atoms with Crippen molar-refractivity contribution in [1.82, 2.24) is 10.2 Å². The predicted octanol–water partition coefficient (Wildman–Crippen LogP) is 1.57. The molecule has 120 valence electrons. The lowest BCUT2D eigenvalue weighted by Crippen LogP contribution is -2.59. The number of methoxy groups -OCH3 is 1. The minimum Gasteiger partial charge on any atom is -0.497 e. The fourth-order valence-electron chi connectivity index (χ4n) is 3.45. The molecular weight excluding hydrogens is 280 g/mol. The van der Waals surface area contributed by atoms with Gasteiger partial charge in [-0.25, -0.2) is 0 Å². The fraction of sp³-hybridized carbons (Fsp3) is 0.588. The summed E-state index contributed by atoms with van der Waals surface area (Å²) < 4.78 is 10.8. The van der Waals surface area contributed by atoms with Crippen molar-refractivity contribution in [2.75, 3.05) is 33.4 Å². The molecule has 3 rings (SSSR count). The fourth-order valence-corrected chi connectivity index (χ4v) is 3.45. The zero-order valence-corrected chi connectivity index (χ0v) is 13.1. The van der Waals surface area contributed by atoms with Crippen LogP contribution in [-0.2, 0) is 16.1 Å². The molecule has 0 aliphatic carbocycles. The van der Waals surface area contributed by atoms with E-state index in [1.807, 2.05) is 29.2 Å². The van der Waals surface area contributed by atoms with Gasteiger partial charge in [0.2, 0.25) is 5.91 Å². The van der Waals surface area contributed by atoms with Gasteiger partial charge in [-0.05, 0) is 50.0 Å². The van der Waals surface area contributed by atoms with Crippen LogP contribution in [0.3, 0.4) is 0 Å². The number of hydrogen-bond acceptors (Lipinski definition) is 4. The van der Waals surface area contributed by atoms with Crippen LogP contribution < -0.4 is 10.1 Å². The van der Waals surface area contributed by atoms with Crippen LogP contribution in [-0.4, -0.2) is 49.8 Å². The molecule has 1 amide bonds. The first-order chi connectivity index (χ1) is 10.7. The minimum absolute atomic E-state index is 0.101. The van der Waals surface area contributed by atoms with Crippen molar-refractivity contribution in [3.05, 3.63) is 29.8 Å². The van der Waals surface area contributed by atoms with Crippen molar-refractivity contribution in [3.8, 4) is 5.75 Å². The van der Waals surface area contributed by atoms with E-state index in [-0.39, 0.29) is 18.1 Å². The van der Waals surface area contributed by atoms with Crippen molar-refractivity contribution in [3.63, 3.8) is 0 Å². The van der Waals surface area contributed by atoms with E-state index in [1.165, 1.54) is 0 Å². The maximum atomic E-state index is 12.5. The first-order valence-electron chi connectivity index (χ1n) is 7.95. The van der Waals surface area contributed by atoms with Crippen LogP contribution in [0.1, 0.15) is 24.8 Å². The molecule has 1 aromatic carbocycles. The highest BCUT2D eigenvalue weighted by Crippen LogP contribution is 2.32. The zero-order chi connectivity index (χ0) is 15.4. The zero-order valence-electron chi connectivity index (χ0n) is 13.1. The van der Waals surface area contributed by atoms with Crippen LogP contribution in [0.4, 0.5) is 0 Å². The van der Waals surface area contributed by atoms with Crippen LogP contribution >= 0.6 is 0 Å². The molecule has 1 spiro atoms. The maximum absolute atomic E-state index is 12.5. The average molecular weight is 304 g/mol. The number of carbonyl (C=O) groups is 1. The predicted molar refractivity (Wildman–Crippen MR) is 83.8 cm³/mol. The lowest BCUT2D eigenvalue weighted by atomic mass is 9.87. The molecule has 0 radical (unpaired) electrons. The molecule has 2 saturated heterocycles. The van der Waals surface area contributed by atoms with Gasteiger partial charge in [0.1, 0.15) is 12.4 Å². The smallest absolute Gasteiger partial charge is 0.249 e. The van der Waals surface area contributed by atoms with E-state index in [0.717, 1.165) is 43.7 Å². The molecule has 5 nitrogen and oxygen atoms in total. The summed E-state index contributed by atoms with van der Waals surface area (Å²) in [5.74, 6) is 0.939. The van der Waals surface area contributed by atoms with E-state index in [9.17, 15) is 4.79 Å². The quantitative estimate of drug-likeness (QED) is 0.921. The molecule has 2 aliphatic heterocycles. The molecule has 1 atom stereocenters. The number of hydrogen-bond donors (Lipinski definition) is 1. The van der Waals surface area contributed by atoms with Gasteiger partial charge in [0.05, 0.1) is 19.3 Å². The SMILES string of the molecule is COc1ccc(CN2C(=O)COCC23CCCNCC3)cc1. The summed E-state index contributed by atoms with van der Waals surface area (Å²) in [5, 5.41) is 3.42. The Morgan fingerprint density at radius 2 is 2.09 bits per heavy atom. The molecule has 0 bridgehead atoms. The van der Waals surface area contributed by atoms with Crippen molar-refractivity contribution < 1.29 is 14.3 Å². The Kier molecular flexibility index (Phi) is 4.64. The van der Waals surface area contributed by atoms with Gasteiger partial charge >= 0.3 is 0 Å². The molecule has 0 saturated carbocycles. The second-order valence-corrected chi connectivity index (χ2v) is 6.15. The highest BCUT2D eigenvalue weighted by molar-refractivity contribution is 5.79. The van der Waals surface area contributed by atoms with Gasteiger partial charge < -0.3 is 19.7 Å². The number of nitrogens with zero attached hydrogens (tertiary/aromatic N) is 1. The highest BCUT2D eigenvalue weighted by atomic mass is 16.5. The highest BCUT2D eigenvalue weighted by Gasteiger charge is 2.43. The lowest BCUT2D eigenvalue weighted by Gasteiger charge is -2.46. The second kappa shape index (κ2) is 6.67. The number of nitrogens with one attached hydrogen (secondary N) is 1. The summed E-state index contributed by atoms with van der Waals surface area (Å²) in [5.41, 5.74) is 0.978. The summed E-state index contributed by atoms with van der Waals surface area (Å²) in [7, 11) is 1.66. The number of amides is 1. The van der Waals surface area contributed by atoms with E-state index in [4.69, 9.17) is 9.47 Å². The van der Waals surface area contributed by atoms with Crippen LogP contribution in [0.15, 0.2) is 24.3 Å². The maximum Gasteiger partial charge on any atom is 0.249 e. The van der Waals surface area contributed by atoms with E-state index in [1.54, 1.807) is 7.11 Å². The first-order valence-corrected chi connectivity index (χ1v) is 7.95. The van der Waals surface area contributed by atoms with E-state index >= 15 is 0 Å². The van der Waals surface area contributed by atoms with Gasteiger partial charge in [-0.15, -0.1) is 0 Å². The van der Waals surface area contributed by atoms with Gasteiger partial charge in [-0.1, -0.05) is 12.1 Å². The average Bonchev–Trinajstić information content (AvgIpc) is 2.78. The molecule has 2 fully saturated rings. The topological polar surface area (TPSA) is 50.8 Å². The van der Waals surface area contributed by atoms with Crippen LogP contribution in [0.2, 0.25) is 0 Å². The largest absolute Gasteiger partial charge is 0.497 e. The third kappa shape index (κ3) is 3.10. The van der Waals surface area contributed by atoms with Gasteiger partial charge in [0.25, 0.3) is 0 Å². The number of ether oxygens (including phenoxy) is 2. The third-order valence-corrected chi connectivity index (χ3v) is 4.73. The Labute approximate surface area is 131 Å². The van der Waals surface area contributed by atoms with E-state index in [2.05, 4.69) is 5.32 Å². The van der Waals surface area contributed by atoms with Gasteiger partial charge in [-0.2, -0.15) is 0 Å². The Hall–Kier alpha value is -1.59. The molecule has 1 N–H and O–H groups in total. The van der Waals surface area contributed by atoms with Gasteiger partial charge in [-0.3, -0.25) is 4.79 Å². The Morgan fingerprint density at radius 3 is 2.86 bits per heavy atom. The Morgan fingerprint density at radius 1 is 1.27 bits per heavy atom. The molecule has 0 aromatic heterocycles. The molecular formula is C17H24N2O3. The molecule has 1 unspecified atom stereocenters. The van der Waals surface area contributed by atoms with Crippen molar-refractivity contribution in [1.29, 1.82) is 0 Å². The van der Waals surface area contributed by atoms with Crippen LogP contribution in [0.25, 0.3) is 0 Å². The lowest BCUT2D eigenvalue weighted by molar-refractivity contribution is -0.160. The van der Waals surface area contributed by atoms with Gasteiger partial charge in [0, 0.05) is 6.54 Å². The summed E-state index contributed by atoms with van der Waals surface area (Å²) in [4.78, 5) is 14.5. The number of benzene rings is 1. The van der Waals surface area contributed by atoms with E-state index < -0.39 is 0 Å². The second-order valence-electron chi connectivity index (χ2n) is 6.15. The minimum atomic E-state index is -0.154. The number of carbonyl (C=O) groups excluding carboxylic acids is 1. The Balaban J connectivity index is 1.81. The van der Waals surface area contributed by atoms with Gasteiger partial charge in [0.15, 0.2) is 0 Å². The molecule has 22 heavy (non-hydrogen) atoms. The Bertz CT molecular complexity index is 507. The van der Waals surface area contributed by atoms with Crippen molar-refractivity contribution >= 4 is 5.91 Å². The standard InChI is InChI=1S/C17H24N2O3/c1-21-15-5-3-14(4-6-15)11-19-16(20)12-22-13-17(19)7-2-9-18-10-8-17/h3-6,18H,2,7-13H2,1H3. The summed E-state index contributed by atoms with van der Waals surface area (Å²) in [6.07, 6.45) is 3.03. The molecule has 1 aromatic rings. The van der Waals surface area contributed by atoms with Crippen molar-refractivity contribution in [2.24, 2.45) is 0 Å². The first kappa shape index (κ1) is 15.3. The normalized spacial score (nSPS) is 26.0.